The predicted octanol–water partition coefficient (Wildman–Crippen LogP) is -0.340. The molecular weight excluding hydrogens is 267 g/mol. The number of hydrogen-bond acceptors (Lipinski definition) is 6. The molecule has 3 unspecified atom stereocenters. The van der Waals surface area contributed by atoms with Crippen molar-refractivity contribution in [3.8, 4) is 0 Å². The molecule has 2 saturated heterocycles. The quantitative estimate of drug-likeness (QED) is 0.459. The largest absolute Gasteiger partial charge is 0.481 e. The summed E-state index contributed by atoms with van der Waals surface area (Å²) >= 11 is 0. The molecule has 2 N–H and O–H groups in total. The van der Waals surface area contributed by atoms with Crippen LogP contribution in [0.15, 0.2) is 0 Å². The highest BCUT2D eigenvalue weighted by molar-refractivity contribution is 7.32. The van der Waals surface area contributed by atoms with Crippen LogP contribution < -0.4 is 0 Å². The van der Waals surface area contributed by atoms with E-state index in [4.69, 9.17) is 24.2 Å². The second kappa shape index (κ2) is 8.58. The summed E-state index contributed by atoms with van der Waals surface area (Å²) in [6.07, 6.45) is 0.546. The summed E-state index contributed by atoms with van der Waals surface area (Å²) in [5, 5.41) is 7.97. The minimum atomic E-state index is -2.94. The van der Waals surface area contributed by atoms with E-state index in [1.807, 2.05) is 0 Å². The molecule has 2 heterocycles. The molecule has 0 aromatic heterocycles. The van der Waals surface area contributed by atoms with Gasteiger partial charge in [0.1, 0.15) is 12.2 Å². The molecule has 3 atom stereocenters. The maximum Gasteiger partial charge on any atom is 0.316 e. The van der Waals surface area contributed by atoms with Gasteiger partial charge in [0.25, 0.3) is 0 Å². The van der Waals surface area contributed by atoms with Crippen molar-refractivity contribution in [2.24, 2.45) is 0 Å². The molecular formula is C9H17O8P. The lowest BCUT2D eigenvalue weighted by molar-refractivity contribution is -0.137. The zero-order valence-electron chi connectivity index (χ0n) is 9.74. The first-order valence-corrected chi connectivity index (χ1v) is 6.72. The van der Waals surface area contributed by atoms with Crippen LogP contribution in [0.25, 0.3) is 0 Å². The molecule has 0 aromatic carbocycles. The standard InChI is InChI=1S/C6H10O3.C3H7O5P/c1(5-3-8-5)7-2-6-4-9-6;4-3(5)1-2-8-9(6)7/h5-6H,1-4H2;9H,1-2H2,(H,4,5)(H,6,7). The Morgan fingerprint density at radius 1 is 1.28 bits per heavy atom. The van der Waals surface area contributed by atoms with Gasteiger partial charge in [-0.25, -0.2) is 0 Å². The summed E-state index contributed by atoms with van der Waals surface area (Å²) in [7, 11) is -2.94. The van der Waals surface area contributed by atoms with Crippen LogP contribution in [0.4, 0.5) is 0 Å². The maximum atomic E-state index is 9.75. The van der Waals surface area contributed by atoms with Crippen LogP contribution in [0.2, 0.25) is 0 Å². The molecule has 2 rings (SSSR count). The summed E-state index contributed by atoms with van der Waals surface area (Å²) in [5.74, 6) is -1.04. The molecule has 2 aliphatic heterocycles. The Kier molecular flexibility index (Phi) is 7.41. The lowest BCUT2D eigenvalue weighted by Crippen LogP contribution is -2.06. The van der Waals surface area contributed by atoms with Crippen molar-refractivity contribution in [1.29, 1.82) is 0 Å². The van der Waals surface area contributed by atoms with E-state index < -0.39 is 14.2 Å². The van der Waals surface area contributed by atoms with E-state index in [0.717, 1.165) is 26.4 Å². The Morgan fingerprint density at radius 2 is 1.78 bits per heavy atom. The SMILES string of the molecule is C(OCC1CO1)C1CO1.O=C(O)CCO[PH](=O)O. The van der Waals surface area contributed by atoms with Gasteiger partial charge < -0.3 is 28.7 Å². The highest BCUT2D eigenvalue weighted by atomic mass is 31.1. The third-order valence-corrected chi connectivity index (χ3v) is 2.40. The number of carboxylic acids is 1. The molecule has 0 radical (unpaired) electrons. The van der Waals surface area contributed by atoms with Crippen molar-refractivity contribution in [2.75, 3.05) is 33.0 Å². The molecule has 9 heteroatoms. The summed E-state index contributed by atoms with van der Waals surface area (Å²) in [6, 6.07) is 0. The highest BCUT2D eigenvalue weighted by Gasteiger charge is 2.26. The fourth-order valence-electron chi connectivity index (χ4n) is 0.885. The van der Waals surface area contributed by atoms with Gasteiger partial charge in [0, 0.05) is 0 Å². The van der Waals surface area contributed by atoms with E-state index in [1.54, 1.807) is 0 Å². The second-order valence-electron chi connectivity index (χ2n) is 3.71. The molecule has 106 valence electrons. The first-order chi connectivity index (χ1) is 8.58. The lowest BCUT2D eigenvalue weighted by Gasteiger charge is -1.95. The van der Waals surface area contributed by atoms with Crippen LogP contribution in [0.3, 0.4) is 0 Å². The summed E-state index contributed by atoms with van der Waals surface area (Å²) in [5.41, 5.74) is 0. The Bertz CT molecular complexity index is 250. The van der Waals surface area contributed by atoms with E-state index in [0.29, 0.717) is 12.2 Å². The molecule has 0 aromatic rings. The average molecular weight is 284 g/mol. The molecule has 8 nitrogen and oxygen atoms in total. The normalized spacial score (nSPS) is 25.8. The van der Waals surface area contributed by atoms with Crippen LogP contribution in [0, 0.1) is 0 Å². The summed E-state index contributed by atoms with van der Waals surface area (Å²) < 4.78 is 28.9. The number of epoxide rings is 2. The van der Waals surface area contributed by atoms with Gasteiger partial charge in [-0.1, -0.05) is 0 Å². The Labute approximate surface area is 105 Å². The van der Waals surface area contributed by atoms with E-state index in [9.17, 15) is 9.36 Å². The van der Waals surface area contributed by atoms with Gasteiger partial charge in [-0.2, -0.15) is 0 Å². The number of hydrogen-bond donors (Lipinski definition) is 2. The topological polar surface area (TPSA) is 118 Å². The number of carboxylic acid groups (broad SMARTS) is 1. The summed E-state index contributed by atoms with van der Waals surface area (Å²) in [6.45, 7) is 3.06. The lowest BCUT2D eigenvalue weighted by atomic mass is 10.5. The van der Waals surface area contributed by atoms with E-state index in [2.05, 4.69) is 4.52 Å². The van der Waals surface area contributed by atoms with E-state index in [1.165, 1.54) is 0 Å². The summed E-state index contributed by atoms with van der Waals surface area (Å²) in [4.78, 5) is 17.7. The predicted molar refractivity (Wildman–Crippen MR) is 59.7 cm³/mol. The molecule has 0 saturated carbocycles. The van der Waals surface area contributed by atoms with Crippen molar-refractivity contribution in [1.82, 2.24) is 0 Å². The molecule has 0 bridgehead atoms. The van der Waals surface area contributed by atoms with Crippen LogP contribution in [0.1, 0.15) is 6.42 Å². The van der Waals surface area contributed by atoms with Gasteiger partial charge in [0.05, 0.1) is 39.5 Å². The number of rotatable bonds is 8. The van der Waals surface area contributed by atoms with Gasteiger partial charge in [0.2, 0.25) is 0 Å². The zero-order valence-corrected chi connectivity index (χ0v) is 10.7. The van der Waals surface area contributed by atoms with Crippen LogP contribution in [0.5, 0.6) is 0 Å². The third-order valence-electron chi connectivity index (χ3n) is 1.95. The fraction of sp³-hybridized carbons (Fsp3) is 0.889. The zero-order chi connectivity index (χ0) is 13.4. The molecule has 0 spiro atoms. The van der Waals surface area contributed by atoms with Crippen LogP contribution in [-0.4, -0.2) is 61.2 Å². The molecule has 18 heavy (non-hydrogen) atoms. The van der Waals surface area contributed by atoms with Gasteiger partial charge >= 0.3 is 14.2 Å². The van der Waals surface area contributed by atoms with Crippen molar-refractivity contribution in [3.63, 3.8) is 0 Å². The first-order valence-electron chi connectivity index (χ1n) is 5.46. The third kappa shape index (κ3) is 10.6. The van der Waals surface area contributed by atoms with Gasteiger partial charge in [-0.3, -0.25) is 9.36 Å². The van der Waals surface area contributed by atoms with E-state index >= 15 is 0 Å². The number of carbonyl (C=O) groups is 1. The first kappa shape index (κ1) is 15.6. The maximum absolute atomic E-state index is 9.75. The van der Waals surface area contributed by atoms with Crippen molar-refractivity contribution in [3.05, 3.63) is 0 Å². The number of aliphatic carboxylic acids is 1. The van der Waals surface area contributed by atoms with Crippen LogP contribution in [-0.2, 0) is 28.1 Å². The molecule has 2 fully saturated rings. The van der Waals surface area contributed by atoms with Crippen molar-refractivity contribution in [2.45, 2.75) is 18.6 Å². The van der Waals surface area contributed by atoms with E-state index in [-0.39, 0.29) is 13.0 Å². The van der Waals surface area contributed by atoms with Gasteiger partial charge in [-0.15, -0.1) is 0 Å². The minimum Gasteiger partial charge on any atom is -0.481 e. The Hall–Kier alpha value is -0.500. The van der Waals surface area contributed by atoms with Gasteiger partial charge in [-0.05, 0) is 0 Å². The Balaban J connectivity index is 0.000000180. The van der Waals surface area contributed by atoms with Crippen molar-refractivity contribution < 1.29 is 38.1 Å². The monoisotopic (exact) mass is 284 g/mol. The molecule has 2 aliphatic rings. The smallest absolute Gasteiger partial charge is 0.316 e. The molecule has 0 aliphatic carbocycles. The van der Waals surface area contributed by atoms with Gasteiger partial charge in [0.15, 0.2) is 0 Å². The fourth-order valence-corrected chi connectivity index (χ4v) is 1.16. The molecule has 0 amide bonds. The average Bonchev–Trinajstić information content (AvgIpc) is 3.12. The second-order valence-corrected chi connectivity index (χ2v) is 4.53. The number of ether oxygens (including phenoxy) is 3. The highest BCUT2D eigenvalue weighted by Crippen LogP contribution is 2.13. The van der Waals surface area contributed by atoms with Crippen molar-refractivity contribution >= 4 is 14.2 Å². The van der Waals surface area contributed by atoms with Crippen LogP contribution >= 0.6 is 8.25 Å². The Morgan fingerprint density at radius 3 is 2.11 bits per heavy atom. The minimum absolute atomic E-state index is 0.205.